The Morgan fingerprint density at radius 1 is 1.36 bits per heavy atom. The first-order chi connectivity index (χ1) is 11.2. The lowest BCUT2D eigenvalue weighted by Crippen LogP contribution is -2.52. The molecule has 2 aromatic heterocycles. The van der Waals surface area contributed by atoms with E-state index < -0.39 is 5.54 Å². The van der Waals surface area contributed by atoms with Crippen LogP contribution in [0, 0.1) is 12.8 Å². The lowest BCUT2D eigenvalue weighted by molar-refractivity contribution is 0.0899. The minimum absolute atomic E-state index is 0. The zero-order valence-corrected chi connectivity index (χ0v) is 16.7. The van der Waals surface area contributed by atoms with E-state index in [1.54, 1.807) is 0 Å². The van der Waals surface area contributed by atoms with E-state index in [0.717, 1.165) is 12.1 Å². The van der Waals surface area contributed by atoms with E-state index in [1.807, 2.05) is 33.8 Å². The van der Waals surface area contributed by atoms with Crippen LogP contribution in [0.15, 0.2) is 10.6 Å². The molecule has 0 aromatic carbocycles. The zero-order valence-electron chi connectivity index (χ0n) is 15.8. The maximum absolute atomic E-state index is 13.0. The topological polar surface area (TPSA) is 94.0 Å². The molecule has 0 aliphatic rings. The quantitative estimate of drug-likeness (QED) is 0.812. The Labute approximate surface area is 155 Å². The van der Waals surface area contributed by atoms with Crippen LogP contribution in [-0.4, -0.2) is 28.1 Å². The lowest BCUT2D eigenvalue weighted by Gasteiger charge is -2.31. The molecule has 0 radical (unpaired) electrons. The fourth-order valence-electron chi connectivity index (χ4n) is 3.02. The molecule has 6 nitrogen and oxygen atoms in total. The highest BCUT2D eigenvalue weighted by atomic mass is 35.5. The Hall–Kier alpha value is -1.66. The van der Waals surface area contributed by atoms with Gasteiger partial charge < -0.3 is 15.6 Å². The molecule has 2 heterocycles. The predicted octanol–water partition coefficient (Wildman–Crippen LogP) is 3.57. The number of rotatable bonds is 6. The maximum atomic E-state index is 13.0. The van der Waals surface area contributed by atoms with Crippen molar-refractivity contribution in [3.8, 4) is 0 Å². The molecule has 140 valence electrons. The highest BCUT2D eigenvalue weighted by Crippen LogP contribution is 2.26. The fourth-order valence-corrected chi connectivity index (χ4v) is 3.02. The Morgan fingerprint density at radius 3 is 2.52 bits per heavy atom. The van der Waals surface area contributed by atoms with E-state index in [1.165, 1.54) is 0 Å². The van der Waals surface area contributed by atoms with Crippen LogP contribution >= 0.6 is 12.4 Å². The summed E-state index contributed by atoms with van der Waals surface area (Å²) in [4.78, 5) is 17.4. The second-order valence-corrected chi connectivity index (χ2v) is 7.51. The first kappa shape index (κ1) is 21.4. The van der Waals surface area contributed by atoms with Crippen molar-refractivity contribution in [1.29, 1.82) is 0 Å². The van der Waals surface area contributed by atoms with Crippen LogP contribution in [0.4, 0.5) is 0 Å². The van der Waals surface area contributed by atoms with Crippen molar-refractivity contribution < 1.29 is 9.32 Å². The molecular formula is C18H29ClN4O2. The maximum Gasteiger partial charge on any atom is 0.259 e. The van der Waals surface area contributed by atoms with Gasteiger partial charge in [-0.3, -0.25) is 4.79 Å². The van der Waals surface area contributed by atoms with Gasteiger partial charge in [-0.1, -0.05) is 32.9 Å². The van der Waals surface area contributed by atoms with Crippen LogP contribution in [-0.2, 0) is 0 Å². The molecule has 0 saturated carbocycles. The predicted molar refractivity (Wildman–Crippen MR) is 102 cm³/mol. The molecule has 7 heteroatoms. The normalized spacial score (nSPS) is 13.8. The van der Waals surface area contributed by atoms with Crippen LogP contribution in [0.25, 0.3) is 11.1 Å². The van der Waals surface area contributed by atoms with E-state index >= 15 is 0 Å². The molecule has 0 saturated heterocycles. The first-order valence-corrected chi connectivity index (χ1v) is 8.46. The third-order valence-corrected chi connectivity index (χ3v) is 4.20. The van der Waals surface area contributed by atoms with Crippen molar-refractivity contribution in [1.82, 2.24) is 15.5 Å². The molecule has 3 N–H and O–H groups in total. The minimum Gasteiger partial charge on any atom is -0.346 e. The second-order valence-electron chi connectivity index (χ2n) is 7.51. The number of halogens is 1. The molecule has 1 atom stereocenters. The molecule has 0 aliphatic carbocycles. The van der Waals surface area contributed by atoms with E-state index in [4.69, 9.17) is 10.3 Å². The van der Waals surface area contributed by atoms with E-state index in [-0.39, 0.29) is 24.2 Å². The standard InChI is InChI=1S/C18H28N4O2.ClH/c1-10(2)8-18(6,9-19)21-16(23)13-7-14(11(3)4)20-17-15(13)12(5)22-24-17;/h7,10-11H,8-9,19H2,1-6H3,(H,21,23);1H. The van der Waals surface area contributed by atoms with Crippen LogP contribution in [0.1, 0.15) is 68.7 Å². The number of hydrogen-bond acceptors (Lipinski definition) is 5. The van der Waals surface area contributed by atoms with Gasteiger partial charge in [0.1, 0.15) is 0 Å². The third-order valence-electron chi connectivity index (χ3n) is 4.20. The molecule has 2 rings (SSSR count). The summed E-state index contributed by atoms with van der Waals surface area (Å²) in [6, 6.07) is 1.83. The van der Waals surface area contributed by atoms with Gasteiger partial charge in [-0.25, -0.2) is 4.98 Å². The van der Waals surface area contributed by atoms with Gasteiger partial charge in [0.25, 0.3) is 11.6 Å². The summed E-state index contributed by atoms with van der Waals surface area (Å²) in [5.74, 6) is 0.451. The average Bonchev–Trinajstić information content (AvgIpc) is 2.87. The van der Waals surface area contributed by atoms with E-state index in [9.17, 15) is 4.79 Å². The zero-order chi connectivity index (χ0) is 18.1. The van der Waals surface area contributed by atoms with Gasteiger partial charge in [0.05, 0.1) is 16.6 Å². The van der Waals surface area contributed by atoms with Gasteiger partial charge in [-0.05, 0) is 38.2 Å². The summed E-state index contributed by atoms with van der Waals surface area (Å²) in [6.07, 6.45) is 0.809. The van der Waals surface area contributed by atoms with E-state index in [2.05, 4.69) is 29.3 Å². The first-order valence-electron chi connectivity index (χ1n) is 8.46. The number of nitrogens with zero attached hydrogens (tertiary/aromatic N) is 2. The van der Waals surface area contributed by atoms with Gasteiger partial charge >= 0.3 is 0 Å². The van der Waals surface area contributed by atoms with Crippen molar-refractivity contribution in [3.63, 3.8) is 0 Å². The van der Waals surface area contributed by atoms with Crippen LogP contribution in [0.2, 0.25) is 0 Å². The molecular weight excluding hydrogens is 340 g/mol. The van der Waals surface area contributed by atoms with Crippen LogP contribution < -0.4 is 11.1 Å². The number of carbonyl (C=O) groups is 1. The second kappa shape index (κ2) is 8.15. The molecule has 1 amide bonds. The number of amides is 1. The SMILES string of the molecule is Cc1noc2nc(C(C)C)cc(C(=O)NC(C)(CN)CC(C)C)c12.Cl. The van der Waals surface area contributed by atoms with Gasteiger partial charge in [0.2, 0.25) is 0 Å². The van der Waals surface area contributed by atoms with Crippen molar-refractivity contribution in [2.45, 2.75) is 59.4 Å². The third kappa shape index (κ3) is 4.70. The molecule has 0 spiro atoms. The molecule has 2 aromatic rings. The number of aryl methyl sites for hydroxylation is 1. The largest absolute Gasteiger partial charge is 0.346 e. The molecule has 25 heavy (non-hydrogen) atoms. The number of nitrogens with two attached hydrogens (primary N) is 1. The summed E-state index contributed by atoms with van der Waals surface area (Å²) in [7, 11) is 0. The van der Waals surface area contributed by atoms with Gasteiger partial charge in [-0.2, -0.15) is 0 Å². The van der Waals surface area contributed by atoms with Gasteiger partial charge in [0, 0.05) is 17.8 Å². The average molecular weight is 369 g/mol. The Bertz CT molecular complexity index is 742. The van der Waals surface area contributed by atoms with E-state index in [0.29, 0.717) is 34.8 Å². The summed E-state index contributed by atoms with van der Waals surface area (Å²) in [5.41, 5.74) is 7.89. The van der Waals surface area contributed by atoms with Crippen LogP contribution in [0.3, 0.4) is 0 Å². The Morgan fingerprint density at radius 2 is 2.00 bits per heavy atom. The smallest absolute Gasteiger partial charge is 0.259 e. The van der Waals surface area contributed by atoms with Crippen molar-refractivity contribution in [2.75, 3.05) is 6.54 Å². The molecule has 1 unspecified atom stereocenters. The van der Waals surface area contributed by atoms with Crippen molar-refractivity contribution in [3.05, 3.63) is 23.0 Å². The van der Waals surface area contributed by atoms with Crippen molar-refractivity contribution in [2.24, 2.45) is 11.7 Å². The molecule has 0 fully saturated rings. The summed E-state index contributed by atoms with van der Waals surface area (Å²) in [5, 5.41) is 7.73. The summed E-state index contributed by atoms with van der Waals surface area (Å²) >= 11 is 0. The molecule has 0 aliphatic heterocycles. The number of fused-ring (bicyclic) bond motifs is 1. The summed E-state index contributed by atoms with van der Waals surface area (Å²) in [6.45, 7) is 12.5. The summed E-state index contributed by atoms with van der Waals surface area (Å²) < 4.78 is 5.29. The number of pyridine rings is 1. The Balaban J connectivity index is 0.00000312. The Kier molecular flexibility index (Phi) is 6.97. The highest BCUT2D eigenvalue weighted by Gasteiger charge is 2.28. The van der Waals surface area contributed by atoms with Crippen molar-refractivity contribution >= 4 is 29.4 Å². The highest BCUT2D eigenvalue weighted by molar-refractivity contribution is 6.06. The van der Waals surface area contributed by atoms with Crippen LogP contribution in [0.5, 0.6) is 0 Å². The number of aromatic nitrogens is 2. The lowest BCUT2D eigenvalue weighted by atomic mass is 9.90. The fraction of sp³-hybridized carbons (Fsp3) is 0.611. The number of nitrogens with one attached hydrogen (secondary N) is 1. The monoisotopic (exact) mass is 368 g/mol. The number of carbonyl (C=O) groups excluding carboxylic acids is 1. The van der Waals surface area contributed by atoms with Gasteiger partial charge in [0.15, 0.2) is 0 Å². The molecule has 0 bridgehead atoms. The van der Waals surface area contributed by atoms with Gasteiger partial charge in [-0.15, -0.1) is 12.4 Å². The number of hydrogen-bond donors (Lipinski definition) is 2. The minimum atomic E-state index is -0.454.